The van der Waals surface area contributed by atoms with E-state index in [9.17, 15) is 18.4 Å². The molecule has 0 bridgehead atoms. The van der Waals surface area contributed by atoms with Crippen LogP contribution in [0.15, 0.2) is 35.7 Å². The van der Waals surface area contributed by atoms with Gasteiger partial charge in [0, 0.05) is 24.8 Å². The van der Waals surface area contributed by atoms with Crippen molar-refractivity contribution < 1.29 is 18.4 Å². The number of rotatable bonds is 3. The molecule has 3 rings (SSSR count). The Hall–Kier alpha value is -2.28. The van der Waals surface area contributed by atoms with Gasteiger partial charge in [0.2, 0.25) is 5.91 Å². The van der Waals surface area contributed by atoms with E-state index < -0.39 is 11.6 Å². The standard InChI is InChI=1S/C15H12F2N2O2S/c16-11-4-3-10(6-12(11)17)18-14(20)9-7-19(8-9)15(21)13-2-1-5-22-13/h1-6,9H,7-8H2,(H,18,20). The highest BCUT2D eigenvalue weighted by molar-refractivity contribution is 7.12. The van der Waals surface area contributed by atoms with Gasteiger partial charge in [-0.05, 0) is 23.6 Å². The highest BCUT2D eigenvalue weighted by Crippen LogP contribution is 2.22. The van der Waals surface area contributed by atoms with Crippen molar-refractivity contribution in [2.75, 3.05) is 18.4 Å². The van der Waals surface area contributed by atoms with Gasteiger partial charge in [0.1, 0.15) is 0 Å². The first-order valence-electron chi connectivity index (χ1n) is 6.63. The number of anilines is 1. The maximum atomic E-state index is 13.1. The Balaban J connectivity index is 1.55. The normalized spacial score (nSPS) is 14.5. The zero-order valence-electron chi connectivity index (χ0n) is 11.4. The molecule has 7 heteroatoms. The molecule has 0 aliphatic carbocycles. The number of hydrogen-bond acceptors (Lipinski definition) is 3. The molecule has 2 aromatic rings. The third kappa shape index (κ3) is 2.85. The number of likely N-dealkylation sites (tertiary alicyclic amines) is 1. The van der Waals surface area contributed by atoms with Crippen molar-refractivity contribution in [1.29, 1.82) is 0 Å². The second-order valence-corrected chi connectivity index (χ2v) is 5.95. The van der Waals surface area contributed by atoms with Gasteiger partial charge in [-0.2, -0.15) is 0 Å². The number of benzene rings is 1. The van der Waals surface area contributed by atoms with Gasteiger partial charge in [-0.25, -0.2) is 8.78 Å². The topological polar surface area (TPSA) is 49.4 Å². The fourth-order valence-corrected chi connectivity index (χ4v) is 2.88. The minimum absolute atomic E-state index is 0.0909. The van der Waals surface area contributed by atoms with Crippen molar-refractivity contribution in [3.05, 3.63) is 52.2 Å². The van der Waals surface area contributed by atoms with Gasteiger partial charge in [0.15, 0.2) is 11.6 Å². The van der Waals surface area contributed by atoms with E-state index in [0.29, 0.717) is 18.0 Å². The molecule has 1 aromatic carbocycles. The molecule has 22 heavy (non-hydrogen) atoms. The molecular weight excluding hydrogens is 310 g/mol. The molecule has 1 N–H and O–H groups in total. The minimum atomic E-state index is -1.01. The van der Waals surface area contributed by atoms with E-state index in [4.69, 9.17) is 0 Å². The lowest BCUT2D eigenvalue weighted by Crippen LogP contribution is -2.54. The van der Waals surface area contributed by atoms with Crippen molar-refractivity contribution in [2.45, 2.75) is 0 Å². The molecule has 1 aliphatic rings. The monoisotopic (exact) mass is 322 g/mol. The van der Waals surface area contributed by atoms with Crippen LogP contribution in [-0.2, 0) is 4.79 Å². The largest absolute Gasteiger partial charge is 0.336 e. The van der Waals surface area contributed by atoms with E-state index in [-0.39, 0.29) is 23.4 Å². The Labute approximate surface area is 129 Å². The average Bonchev–Trinajstić information content (AvgIpc) is 2.95. The summed E-state index contributed by atoms with van der Waals surface area (Å²) in [4.78, 5) is 26.2. The van der Waals surface area contributed by atoms with E-state index in [1.165, 1.54) is 17.4 Å². The highest BCUT2D eigenvalue weighted by Gasteiger charge is 2.36. The molecule has 0 unspecified atom stereocenters. The van der Waals surface area contributed by atoms with Gasteiger partial charge < -0.3 is 10.2 Å². The maximum absolute atomic E-state index is 13.1. The molecule has 1 aromatic heterocycles. The Morgan fingerprint density at radius 3 is 2.59 bits per heavy atom. The number of nitrogens with one attached hydrogen (secondary N) is 1. The summed E-state index contributed by atoms with van der Waals surface area (Å²) in [5.74, 6) is -2.71. The van der Waals surface area contributed by atoms with E-state index in [2.05, 4.69) is 5.32 Å². The summed E-state index contributed by atoms with van der Waals surface area (Å²) in [6, 6.07) is 6.72. The van der Waals surface area contributed by atoms with Gasteiger partial charge in [0.25, 0.3) is 5.91 Å². The zero-order chi connectivity index (χ0) is 15.7. The summed E-state index contributed by atoms with van der Waals surface area (Å²) < 4.78 is 25.9. The van der Waals surface area contributed by atoms with Crippen LogP contribution in [0.25, 0.3) is 0 Å². The summed E-state index contributed by atoms with van der Waals surface area (Å²) in [7, 11) is 0. The molecule has 2 heterocycles. The predicted octanol–water partition coefficient (Wildman–Crippen LogP) is 2.74. The third-order valence-electron chi connectivity index (χ3n) is 3.46. The van der Waals surface area contributed by atoms with Crippen LogP contribution in [0.1, 0.15) is 9.67 Å². The first kappa shape index (κ1) is 14.6. The van der Waals surface area contributed by atoms with Gasteiger partial charge >= 0.3 is 0 Å². The molecule has 4 nitrogen and oxygen atoms in total. The van der Waals surface area contributed by atoms with Crippen molar-refractivity contribution in [2.24, 2.45) is 5.92 Å². The Morgan fingerprint density at radius 1 is 1.18 bits per heavy atom. The lowest BCUT2D eigenvalue weighted by atomic mass is 9.98. The van der Waals surface area contributed by atoms with Gasteiger partial charge in [-0.1, -0.05) is 6.07 Å². The molecular formula is C15H12F2N2O2S. The molecule has 0 atom stereocenters. The predicted molar refractivity (Wildman–Crippen MR) is 78.7 cm³/mol. The van der Waals surface area contributed by atoms with Crippen LogP contribution in [0, 0.1) is 17.6 Å². The fraction of sp³-hybridized carbons (Fsp3) is 0.200. The van der Waals surface area contributed by atoms with E-state index in [0.717, 1.165) is 12.1 Å². The van der Waals surface area contributed by atoms with Crippen LogP contribution < -0.4 is 5.32 Å². The van der Waals surface area contributed by atoms with Crippen molar-refractivity contribution in [3.63, 3.8) is 0 Å². The maximum Gasteiger partial charge on any atom is 0.263 e. The number of hydrogen-bond donors (Lipinski definition) is 1. The molecule has 1 saturated heterocycles. The van der Waals surface area contributed by atoms with Crippen LogP contribution in [0.4, 0.5) is 14.5 Å². The van der Waals surface area contributed by atoms with Crippen LogP contribution >= 0.6 is 11.3 Å². The number of halogens is 2. The van der Waals surface area contributed by atoms with Gasteiger partial charge in [0.05, 0.1) is 10.8 Å². The van der Waals surface area contributed by atoms with Gasteiger partial charge in [-0.3, -0.25) is 9.59 Å². The second-order valence-electron chi connectivity index (χ2n) is 5.00. The average molecular weight is 322 g/mol. The van der Waals surface area contributed by atoms with Crippen LogP contribution in [-0.4, -0.2) is 29.8 Å². The smallest absolute Gasteiger partial charge is 0.263 e. The van der Waals surface area contributed by atoms with E-state index in [1.54, 1.807) is 17.0 Å². The SMILES string of the molecule is O=C(Nc1ccc(F)c(F)c1)C1CN(C(=O)c2cccs2)C1. The first-order chi connectivity index (χ1) is 10.5. The summed E-state index contributed by atoms with van der Waals surface area (Å²) in [5.41, 5.74) is 0.201. The second kappa shape index (κ2) is 5.84. The Kier molecular flexibility index (Phi) is 3.89. The number of carbonyl (C=O) groups excluding carboxylic acids is 2. The van der Waals surface area contributed by atoms with Crippen LogP contribution in [0.5, 0.6) is 0 Å². The number of thiophene rings is 1. The Morgan fingerprint density at radius 2 is 1.95 bits per heavy atom. The minimum Gasteiger partial charge on any atom is -0.336 e. The van der Waals surface area contributed by atoms with Crippen LogP contribution in [0.3, 0.4) is 0 Å². The fourth-order valence-electron chi connectivity index (χ4n) is 2.18. The third-order valence-corrected chi connectivity index (χ3v) is 4.32. The molecule has 1 aliphatic heterocycles. The number of carbonyl (C=O) groups is 2. The lowest BCUT2D eigenvalue weighted by molar-refractivity contribution is -0.123. The molecule has 114 valence electrons. The van der Waals surface area contributed by atoms with Crippen molar-refractivity contribution >= 4 is 28.8 Å². The summed E-state index contributed by atoms with van der Waals surface area (Å²) in [6.07, 6.45) is 0. The van der Waals surface area contributed by atoms with Crippen molar-refractivity contribution in [3.8, 4) is 0 Å². The van der Waals surface area contributed by atoms with E-state index in [1.807, 2.05) is 5.38 Å². The molecule has 1 fully saturated rings. The Bertz CT molecular complexity index is 712. The highest BCUT2D eigenvalue weighted by atomic mass is 32.1. The zero-order valence-corrected chi connectivity index (χ0v) is 12.2. The first-order valence-corrected chi connectivity index (χ1v) is 7.51. The van der Waals surface area contributed by atoms with Crippen molar-refractivity contribution in [1.82, 2.24) is 4.90 Å². The number of amides is 2. The van der Waals surface area contributed by atoms with Crippen LogP contribution in [0.2, 0.25) is 0 Å². The molecule has 0 radical (unpaired) electrons. The summed E-state index contributed by atoms with van der Waals surface area (Å²) in [5, 5.41) is 4.34. The summed E-state index contributed by atoms with van der Waals surface area (Å²) in [6.45, 7) is 0.651. The number of nitrogens with zero attached hydrogens (tertiary/aromatic N) is 1. The van der Waals surface area contributed by atoms with E-state index >= 15 is 0 Å². The molecule has 0 saturated carbocycles. The molecule has 0 spiro atoms. The molecule has 2 amide bonds. The van der Waals surface area contributed by atoms with Gasteiger partial charge in [-0.15, -0.1) is 11.3 Å². The lowest BCUT2D eigenvalue weighted by Gasteiger charge is -2.37. The quantitative estimate of drug-likeness (QED) is 0.944. The summed E-state index contributed by atoms with van der Waals surface area (Å²) >= 11 is 1.35.